The number of pyridine rings is 1. The van der Waals surface area contributed by atoms with Crippen molar-refractivity contribution in [3.05, 3.63) is 18.5 Å². The molecule has 21 heavy (non-hydrogen) atoms. The summed E-state index contributed by atoms with van der Waals surface area (Å²) in [4.78, 5) is 4.13. The van der Waals surface area contributed by atoms with E-state index in [0.717, 1.165) is 18.5 Å². The number of rotatable bonds is 4. The van der Waals surface area contributed by atoms with Gasteiger partial charge in [-0.25, -0.2) is 0 Å². The molecule has 1 aromatic heterocycles. The van der Waals surface area contributed by atoms with Gasteiger partial charge in [-0.2, -0.15) is 0 Å². The molecule has 3 heterocycles. The van der Waals surface area contributed by atoms with Crippen LogP contribution in [0.15, 0.2) is 18.5 Å². The largest absolute Gasteiger partial charge is 0.498 e. The van der Waals surface area contributed by atoms with E-state index >= 15 is 0 Å². The van der Waals surface area contributed by atoms with E-state index in [1.165, 1.54) is 0 Å². The lowest BCUT2D eigenvalue weighted by Crippen LogP contribution is -2.41. The molecule has 114 valence electrons. The van der Waals surface area contributed by atoms with Crippen LogP contribution in [-0.4, -0.2) is 42.6 Å². The van der Waals surface area contributed by atoms with Crippen molar-refractivity contribution in [1.29, 1.82) is 0 Å². The van der Waals surface area contributed by atoms with Gasteiger partial charge in [0.05, 0.1) is 23.5 Å². The standard InChI is InChI=1S/C15H22BNO4/c1-14(2)15(3,4)21-16(20-14)12-5-7-17-9-13(12)19-10-11-6-8-18-11/h5,7,9,11H,6,8,10H2,1-4H3. The van der Waals surface area contributed by atoms with Crippen LogP contribution in [0.4, 0.5) is 0 Å². The number of aromatic nitrogens is 1. The highest BCUT2D eigenvalue weighted by Crippen LogP contribution is 2.37. The van der Waals surface area contributed by atoms with Gasteiger partial charge in [0.1, 0.15) is 12.4 Å². The Morgan fingerprint density at radius 1 is 1.29 bits per heavy atom. The predicted octanol–water partition coefficient (Wildman–Crippen LogP) is 1.55. The quantitative estimate of drug-likeness (QED) is 0.788. The minimum Gasteiger partial charge on any atom is -0.490 e. The van der Waals surface area contributed by atoms with Crippen molar-refractivity contribution in [1.82, 2.24) is 4.98 Å². The smallest absolute Gasteiger partial charge is 0.490 e. The molecule has 0 saturated carbocycles. The third kappa shape index (κ3) is 2.80. The normalized spacial score (nSPS) is 26.5. The summed E-state index contributed by atoms with van der Waals surface area (Å²) in [6.07, 6.45) is 4.68. The summed E-state index contributed by atoms with van der Waals surface area (Å²) in [5, 5.41) is 0. The van der Waals surface area contributed by atoms with Crippen LogP contribution < -0.4 is 10.2 Å². The Hall–Kier alpha value is -1.11. The van der Waals surface area contributed by atoms with Crippen molar-refractivity contribution >= 4 is 12.6 Å². The van der Waals surface area contributed by atoms with Crippen molar-refractivity contribution < 1.29 is 18.8 Å². The number of hydrogen-bond donors (Lipinski definition) is 0. The minimum atomic E-state index is -0.435. The van der Waals surface area contributed by atoms with Gasteiger partial charge >= 0.3 is 7.12 Å². The summed E-state index contributed by atoms with van der Waals surface area (Å²) in [7, 11) is -0.435. The Morgan fingerprint density at radius 2 is 1.95 bits per heavy atom. The van der Waals surface area contributed by atoms with E-state index in [2.05, 4.69) is 4.98 Å². The molecule has 3 rings (SSSR count). The van der Waals surface area contributed by atoms with Crippen LogP contribution in [0.25, 0.3) is 0 Å². The molecule has 6 heteroatoms. The van der Waals surface area contributed by atoms with E-state index in [4.69, 9.17) is 18.8 Å². The van der Waals surface area contributed by atoms with E-state index in [9.17, 15) is 0 Å². The second-order valence-corrected chi connectivity index (χ2v) is 6.59. The maximum atomic E-state index is 6.08. The minimum absolute atomic E-state index is 0.191. The maximum Gasteiger partial charge on any atom is 0.498 e. The highest BCUT2D eigenvalue weighted by molar-refractivity contribution is 6.63. The molecule has 0 spiro atoms. The molecular formula is C15H22BNO4. The van der Waals surface area contributed by atoms with Crippen LogP contribution in [0.1, 0.15) is 34.1 Å². The highest BCUT2D eigenvalue weighted by atomic mass is 16.7. The van der Waals surface area contributed by atoms with Crippen LogP contribution in [0.2, 0.25) is 0 Å². The summed E-state index contributed by atoms with van der Waals surface area (Å²) >= 11 is 0. The van der Waals surface area contributed by atoms with Gasteiger partial charge in [-0.15, -0.1) is 0 Å². The summed E-state index contributed by atoms with van der Waals surface area (Å²) in [5.41, 5.74) is 0.146. The zero-order valence-electron chi connectivity index (χ0n) is 13.1. The van der Waals surface area contributed by atoms with E-state index in [-0.39, 0.29) is 17.3 Å². The number of nitrogens with zero attached hydrogens (tertiary/aromatic N) is 1. The van der Waals surface area contributed by atoms with E-state index in [1.807, 2.05) is 33.8 Å². The molecule has 0 N–H and O–H groups in total. The molecule has 0 aliphatic carbocycles. The molecule has 0 amide bonds. The summed E-state index contributed by atoms with van der Waals surface area (Å²) in [6.45, 7) is 9.52. The zero-order chi connectivity index (χ0) is 15.1. The fourth-order valence-corrected chi connectivity index (χ4v) is 2.27. The summed E-state index contributed by atoms with van der Waals surface area (Å²) in [5.74, 6) is 0.700. The lowest BCUT2D eigenvalue weighted by molar-refractivity contribution is -0.0720. The third-order valence-corrected chi connectivity index (χ3v) is 4.54. The monoisotopic (exact) mass is 291 g/mol. The summed E-state index contributed by atoms with van der Waals surface area (Å²) < 4.78 is 23.4. The molecule has 2 aliphatic rings. The molecule has 1 atom stereocenters. The molecule has 2 aliphatic heterocycles. The molecule has 5 nitrogen and oxygen atoms in total. The van der Waals surface area contributed by atoms with Gasteiger partial charge in [0, 0.05) is 24.7 Å². The topological polar surface area (TPSA) is 49.8 Å². The lowest BCUT2D eigenvalue weighted by atomic mass is 9.79. The molecule has 1 unspecified atom stereocenters. The molecule has 1 aromatic rings. The first-order chi connectivity index (χ1) is 9.89. The molecule has 2 saturated heterocycles. The van der Waals surface area contributed by atoms with Crippen molar-refractivity contribution in [3.63, 3.8) is 0 Å². The Labute approximate surface area is 126 Å². The van der Waals surface area contributed by atoms with Gasteiger partial charge in [-0.3, -0.25) is 4.98 Å². The van der Waals surface area contributed by atoms with Gasteiger partial charge in [0.25, 0.3) is 0 Å². The van der Waals surface area contributed by atoms with Crippen molar-refractivity contribution in [2.24, 2.45) is 0 Å². The van der Waals surface area contributed by atoms with Crippen molar-refractivity contribution in [2.75, 3.05) is 13.2 Å². The fraction of sp³-hybridized carbons (Fsp3) is 0.667. The van der Waals surface area contributed by atoms with E-state index in [1.54, 1.807) is 12.4 Å². The second kappa shape index (κ2) is 5.27. The third-order valence-electron chi connectivity index (χ3n) is 4.54. The highest BCUT2D eigenvalue weighted by Gasteiger charge is 2.52. The molecular weight excluding hydrogens is 269 g/mol. The van der Waals surface area contributed by atoms with E-state index < -0.39 is 7.12 Å². The van der Waals surface area contributed by atoms with Crippen LogP contribution in [-0.2, 0) is 14.0 Å². The summed E-state index contributed by atoms with van der Waals surface area (Å²) in [6, 6.07) is 1.89. The van der Waals surface area contributed by atoms with Gasteiger partial charge < -0.3 is 18.8 Å². The number of ether oxygens (including phenoxy) is 2. The predicted molar refractivity (Wildman–Crippen MR) is 79.8 cm³/mol. The van der Waals surface area contributed by atoms with Crippen LogP contribution in [0, 0.1) is 0 Å². The Kier molecular flexibility index (Phi) is 3.72. The molecule has 0 bridgehead atoms. The first-order valence-electron chi connectivity index (χ1n) is 7.43. The van der Waals surface area contributed by atoms with Crippen molar-refractivity contribution in [3.8, 4) is 5.75 Å². The van der Waals surface area contributed by atoms with E-state index in [0.29, 0.717) is 12.4 Å². The molecule has 0 aromatic carbocycles. The molecule has 0 radical (unpaired) electrons. The Balaban J connectivity index is 1.76. The SMILES string of the molecule is CC1(C)OB(c2ccncc2OCC2CCO2)OC1(C)C. The van der Waals surface area contributed by atoms with Crippen LogP contribution >= 0.6 is 0 Å². The Bertz CT molecular complexity index is 500. The number of hydrogen-bond acceptors (Lipinski definition) is 5. The first kappa shape index (κ1) is 14.8. The maximum absolute atomic E-state index is 6.08. The first-order valence-corrected chi connectivity index (χ1v) is 7.43. The van der Waals surface area contributed by atoms with Gasteiger partial charge in [-0.1, -0.05) is 0 Å². The van der Waals surface area contributed by atoms with Gasteiger partial charge in [0.15, 0.2) is 0 Å². The van der Waals surface area contributed by atoms with Gasteiger partial charge in [-0.05, 0) is 33.8 Å². The van der Waals surface area contributed by atoms with Gasteiger partial charge in [0.2, 0.25) is 0 Å². The van der Waals surface area contributed by atoms with Crippen LogP contribution in [0.3, 0.4) is 0 Å². The van der Waals surface area contributed by atoms with Crippen molar-refractivity contribution in [2.45, 2.75) is 51.4 Å². The van der Waals surface area contributed by atoms with Crippen LogP contribution in [0.5, 0.6) is 5.75 Å². The zero-order valence-corrected chi connectivity index (χ0v) is 13.1. The average molecular weight is 291 g/mol. The molecule has 2 fully saturated rings. The lowest BCUT2D eigenvalue weighted by Gasteiger charge is -2.32. The average Bonchev–Trinajstić information content (AvgIpc) is 2.57. The Morgan fingerprint density at radius 3 is 2.52 bits per heavy atom. The second-order valence-electron chi connectivity index (χ2n) is 6.59. The fourth-order valence-electron chi connectivity index (χ4n) is 2.27.